The van der Waals surface area contributed by atoms with E-state index in [2.05, 4.69) is 36.8 Å². The monoisotopic (exact) mass is 466 g/mol. The molecular weight excluding hydrogens is 462 g/mol. The lowest BCUT2D eigenvalue weighted by Gasteiger charge is -2.12. The SMILES string of the molecule is ClCc1nc2ccc(Br)cc2n1-c1ccc(Br)c(Cl)c1Cl. The average Bonchev–Trinajstić information content (AvgIpc) is 2.83. The molecule has 21 heavy (non-hydrogen) atoms. The first kappa shape index (κ1) is 15.6. The van der Waals surface area contributed by atoms with Gasteiger partial charge in [-0.25, -0.2) is 4.98 Å². The first-order valence-electron chi connectivity index (χ1n) is 5.89. The van der Waals surface area contributed by atoms with E-state index in [0.29, 0.717) is 15.9 Å². The second kappa shape index (κ2) is 6.09. The molecule has 2 aromatic carbocycles. The normalized spacial score (nSPS) is 11.3. The van der Waals surface area contributed by atoms with Crippen molar-refractivity contribution in [1.82, 2.24) is 9.55 Å². The van der Waals surface area contributed by atoms with Gasteiger partial charge in [-0.3, -0.25) is 4.57 Å². The maximum Gasteiger partial charge on any atom is 0.129 e. The standard InChI is InChI=1S/C14H7Br2Cl3N2/c15-7-1-3-9-11(5-7)21(12(6-17)20-9)10-4-2-8(16)13(18)14(10)19/h1-5H,6H2. The Morgan fingerprint density at radius 3 is 2.52 bits per heavy atom. The van der Waals surface area contributed by atoms with E-state index in [1.165, 1.54) is 0 Å². The molecule has 0 atom stereocenters. The van der Waals surface area contributed by atoms with Gasteiger partial charge >= 0.3 is 0 Å². The van der Waals surface area contributed by atoms with Gasteiger partial charge in [0.05, 0.1) is 32.6 Å². The van der Waals surface area contributed by atoms with Crippen LogP contribution in [0.5, 0.6) is 0 Å². The third-order valence-electron chi connectivity index (χ3n) is 3.06. The van der Waals surface area contributed by atoms with Gasteiger partial charge in [-0.05, 0) is 46.3 Å². The summed E-state index contributed by atoms with van der Waals surface area (Å²) in [4.78, 5) is 4.54. The van der Waals surface area contributed by atoms with Crippen molar-refractivity contribution in [3.05, 3.63) is 55.1 Å². The van der Waals surface area contributed by atoms with E-state index in [9.17, 15) is 0 Å². The van der Waals surface area contributed by atoms with Crippen LogP contribution in [0.3, 0.4) is 0 Å². The molecular formula is C14H7Br2Cl3N2. The minimum atomic E-state index is 0.274. The van der Waals surface area contributed by atoms with Gasteiger partial charge in [-0.15, -0.1) is 11.6 Å². The molecule has 3 rings (SSSR count). The van der Waals surface area contributed by atoms with Gasteiger partial charge in [0.15, 0.2) is 0 Å². The zero-order valence-electron chi connectivity index (χ0n) is 10.4. The Kier molecular flexibility index (Phi) is 4.53. The zero-order valence-corrected chi connectivity index (χ0v) is 15.8. The minimum absolute atomic E-state index is 0.274. The summed E-state index contributed by atoms with van der Waals surface area (Å²) in [5.41, 5.74) is 2.52. The molecule has 0 fully saturated rings. The summed E-state index contributed by atoms with van der Waals surface area (Å²) < 4.78 is 3.63. The van der Waals surface area contributed by atoms with E-state index in [1.807, 2.05) is 34.9 Å². The minimum Gasteiger partial charge on any atom is -0.294 e. The number of fused-ring (bicyclic) bond motifs is 1. The van der Waals surface area contributed by atoms with E-state index < -0.39 is 0 Å². The number of nitrogens with zero attached hydrogens (tertiary/aromatic N) is 2. The van der Waals surface area contributed by atoms with E-state index >= 15 is 0 Å². The van der Waals surface area contributed by atoms with Crippen LogP contribution < -0.4 is 0 Å². The maximum absolute atomic E-state index is 6.39. The van der Waals surface area contributed by atoms with Crippen molar-refractivity contribution < 1.29 is 0 Å². The Bertz CT molecular complexity index is 846. The quantitative estimate of drug-likeness (QED) is 0.306. The van der Waals surface area contributed by atoms with Gasteiger partial charge in [0.2, 0.25) is 0 Å². The summed E-state index contributed by atoms with van der Waals surface area (Å²) >= 11 is 25.5. The molecule has 0 N–H and O–H groups in total. The van der Waals surface area contributed by atoms with E-state index in [-0.39, 0.29) is 5.88 Å². The molecule has 0 saturated carbocycles. The molecule has 7 heteroatoms. The number of halogens is 5. The molecule has 0 amide bonds. The van der Waals surface area contributed by atoms with Crippen molar-refractivity contribution >= 4 is 77.7 Å². The highest BCUT2D eigenvalue weighted by molar-refractivity contribution is 9.10. The first-order chi connectivity index (χ1) is 10.0. The van der Waals surface area contributed by atoms with Crippen molar-refractivity contribution in [3.8, 4) is 5.69 Å². The molecule has 108 valence electrons. The fourth-order valence-electron chi connectivity index (χ4n) is 2.15. The van der Waals surface area contributed by atoms with Crippen molar-refractivity contribution in [1.29, 1.82) is 0 Å². The van der Waals surface area contributed by atoms with Crippen LogP contribution in [0.1, 0.15) is 5.82 Å². The van der Waals surface area contributed by atoms with Crippen molar-refractivity contribution in [2.75, 3.05) is 0 Å². The fourth-order valence-corrected chi connectivity index (χ4v) is 3.53. The van der Waals surface area contributed by atoms with Crippen molar-refractivity contribution in [2.45, 2.75) is 5.88 Å². The van der Waals surface area contributed by atoms with Crippen molar-refractivity contribution in [3.63, 3.8) is 0 Å². The molecule has 1 aromatic heterocycles. The van der Waals surface area contributed by atoms with Gasteiger partial charge in [0.1, 0.15) is 5.82 Å². The number of benzene rings is 2. The summed E-state index contributed by atoms with van der Waals surface area (Å²) in [5, 5.41) is 0.920. The summed E-state index contributed by atoms with van der Waals surface area (Å²) in [6.07, 6.45) is 0. The topological polar surface area (TPSA) is 17.8 Å². The third kappa shape index (κ3) is 2.73. The van der Waals surface area contributed by atoms with Gasteiger partial charge < -0.3 is 0 Å². The van der Waals surface area contributed by atoms with Crippen molar-refractivity contribution in [2.24, 2.45) is 0 Å². The van der Waals surface area contributed by atoms with E-state index in [0.717, 1.165) is 25.7 Å². The van der Waals surface area contributed by atoms with Gasteiger partial charge in [0.25, 0.3) is 0 Å². The van der Waals surface area contributed by atoms with Gasteiger partial charge in [-0.1, -0.05) is 39.1 Å². The van der Waals surface area contributed by atoms with Crippen LogP contribution in [-0.4, -0.2) is 9.55 Å². The predicted octanol–water partition coefficient (Wildman–Crippen LogP) is 6.60. The number of hydrogen-bond acceptors (Lipinski definition) is 1. The highest BCUT2D eigenvalue weighted by atomic mass is 79.9. The molecule has 1 heterocycles. The Balaban J connectivity index is 2.38. The molecule has 0 aliphatic rings. The molecule has 0 spiro atoms. The molecule has 0 bridgehead atoms. The Hall–Kier alpha value is -0.260. The lowest BCUT2D eigenvalue weighted by Crippen LogP contribution is -2.00. The van der Waals surface area contributed by atoms with Gasteiger partial charge in [-0.2, -0.15) is 0 Å². The van der Waals surface area contributed by atoms with E-state index in [4.69, 9.17) is 34.8 Å². The average molecular weight is 469 g/mol. The number of rotatable bonds is 2. The van der Waals surface area contributed by atoms with Gasteiger partial charge in [0, 0.05) is 8.95 Å². The fraction of sp³-hybridized carbons (Fsp3) is 0.0714. The smallest absolute Gasteiger partial charge is 0.129 e. The molecule has 0 unspecified atom stereocenters. The highest BCUT2D eigenvalue weighted by Crippen LogP contribution is 2.37. The van der Waals surface area contributed by atoms with Crippen LogP contribution in [0.15, 0.2) is 39.3 Å². The third-order valence-corrected chi connectivity index (χ3v) is 5.55. The first-order valence-corrected chi connectivity index (χ1v) is 8.77. The lowest BCUT2D eigenvalue weighted by atomic mass is 10.2. The Morgan fingerprint density at radius 1 is 1.05 bits per heavy atom. The Morgan fingerprint density at radius 2 is 1.81 bits per heavy atom. The second-order valence-corrected chi connectivity index (χ2v) is 7.12. The number of aromatic nitrogens is 2. The second-order valence-electron chi connectivity index (χ2n) is 4.32. The molecule has 0 aliphatic carbocycles. The summed E-state index contributed by atoms with van der Waals surface area (Å²) in [6, 6.07) is 9.58. The lowest BCUT2D eigenvalue weighted by molar-refractivity contribution is 0.981. The Labute approximate surface area is 153 Å². The van der Waals surface area contributed by atoms with Crippen LogP contribution in [0, 0.1) is 0 Å². The van der Waals surface area contributed by atoms with Crippen LogP contribution in [0.2, 0.25) is 10.0 Å². The largest absolute Gasteiger partial charge is 0.294 e. The molecule has 0 aliphatic heterocycles. The molecule has 2 nitrogen and oxygen atoms in total. The number of alkyl halides is 1. The van der Waals surface area contributed by atoms with Crippen LogP contribution in [0.4, 0.5) is 0 Å². The zero-order chi connectivity index (χ0) is 15.1. The summed E-state index contributed by atoms with van der Waals surface area (Å²) in [5.74, 6) is 0.987. The molecule has 0 radical (unpaired) electrons. The van der Waals surface area contributed by atoms with E-state index in [1.54, 1.807) is 0 Å². The number of hydrogen-bond donors (Lipinski definition) is 0. The molecule has 0 saturated heterocycles. The van der Waals surface area contributed by atoms with Crippen LogP contribution in [0.25, 0.3) is 16.7 Å². The highest BCUT2D eigenvalue weighted by Gasteiger charge is 2.17. The summed E-state index contributed by atoms with van der Waals surface area (Å²) in [7, 11) is 0. The maximum atomic E-state index is 6.39. The van der Waals surface area contributed by atoms with Crippen LogP contribution >= 0.6 is 66.7 Å². The molecule has 3 aromatic rings. The predicted molar refractivity (Wildman–Crippen MR) is 96.0 cm³/mol. The number of imidazole rings is 1. The summed E-state index contributed by atoms with van der Waals surface area (Å²) in [6.45, 7) is 0. The van der Waals surface area contributed by atoms with Crippen LogP contribution in [-0.2, 0) is 5.88 Å².